The van der Waals surface area contributed by atoms with Crippen molar-refractivity contribution in [2.75, 3.05) is 4.72 Å². The van der Waals surface area contributed by atoms with Crippen LogP contribution in [-0.4, -0.2) is 13.5 Å². The van der Waals surface area contributed by atoms with Crippen molar-refractivity contribution in [3.63, 3.8) is 0 Å². The highest BCUT2D eigenvalue weighted by Crippen LogP contribution is 2.26. The molecular weight excluding hydrogens is 434 g/mol. The second-order valence-electron chi connectivity index (χ2n) is 7.01. The lowest BCUT2D eigenvalue weighted by Gasteiger charge is -2.09. The molecule has 31 heavy (non-hydrogen) atoms. The first kappa shape index (κ1) is 21.0. The zero-order chi connectivity index (χ0) is 22.0. The van der Waals surface area contributed by atoms with Crippen LogP contribution in [0.3, 0.4) is 0 Å². The van der Waals surface area contributed by atoms with E-state index in [0.29, 0.717) is 22.6 Å². The van der Waals surface area contributed by atoms with Gasteiger partial charge in [0.25, 0.3) is 10.0 Å². The molecule has 0 bridgehead atoms. The maximum atomic E-state index is 12.5. The number of fused-ring (bicyclic) bond motifs is 1. The number of sulfonamides is 1. The zero-order valence-electron chi connectivity index (χ0n) is 16.5. The Hall–Kier alpha value is -3.23. The van der Waals surface area contributed by atoms with Crippen LogP contribution in [0.1, 0.15) is 11.1 Å². The van der Waals surface area contributed by atoms with Crippen LogP contribution in [0.25, 0.3) is 11.0 Å². The Kier molecular flexibility index (Phi) is 5.75. The summed E-state index contributed by atoms with van der Waals surface area (Å²) in [5, 5.41) is 10.2. The number of hydrogen-bond donors (Lipinski definition) is 2. The van der Waals surface area contributed by atoms with Crippen molar-refractivity contribution in [1.82, 2.24) is 0 Å². The highest BCUT2D eigenvalue weighted by molar-refractivity contribution is 7.98. The molecule has 0 aliphatic rings. The van der Waals surface area contributed by atoms with Crippen molar-refractivity contribution in [3.8, 4) is 5.75 Å². The van der Waals surface area contributed by atoms with Gasteiger partial charge >= 0.3 is 5.63 Å². The lowest BCUT2D eigenvalue weighted by molar-refractivity contribution is 0.473. The Morgan fingerprint density at radius 2 is 1.68 bits per heavy atom. The third-order valence-electron chi connectivity index (χ3n) is 4.62. The highest BCUT2D eigenvalue weighted by atomic mass is 32.2. The summed E-state index contributed by atoms with van der Waals surface area (Å²) in [5.74, 6) is 0.434. The molecule has 158 valence electrons. The second kappa shape index (κ2) is 8.49. The van der Waals surface area contributed by atoms with Crippen LogP contribution in [0.5, 0.6) is 5.75 Å². The van der Waals surface area contributed by atoms with E-state index < -0.39 is 15.6 Å². The van der Waals surface area contributed by atoms with Gasteiger partial charge in [0.2, 0.25) is 0 Å². The van der Waals surface area contributed by atoms with Crippen molar-refractivity contribution in [2.45, 2.75) is 22.5 Å². The van der Waals surface area contributed by atoms with Crippen LogP contribution < -0.4 is 10.3 Å². The van der Waals surface area contributed by atoms with E-state index >= 15 is 0 Å². The summed E-state index contributed by atoms with van der Waals surface area (Å²) in [7, 11) is -3.66. The summed E-state index contributed by atoms with van der Waals surface area (Å²) in [6.45, 7) is 1.90. The molecule has 0 atom stereocenters. The molecule has 4 rings (SSSR count). The first-order valence-corrected chi connectivity index (χ1v) is 11.9. The number of phenolic OH excluding ortho intramolecular Hbond substituents is 1. The van der Waals surface area contributed by atoms with E-state index in [0.717, 1.165) is 15.8 Å². The van der Waals surface area contributed by atoms with Gasteiger partial charge in [-0.1, -0.05) is 17.7 Å². The summed E-state index contributed by atoms with van der Waals surface area (Å²) < 4.78 is 32.8. The molecule has 1 heterocycles. The fourth-order valence-corrected chi connectivity index (χ4v) is 4.87. The number of nitrogens with one attached hydrogen (secondary N) is 1. The van der Waals surface area contributed by atoms with Crippen LogP contribution in [0.4, 0.5) is 5.69 Å². The van der Waals surface area contributed by atoms with Crippen LogP contribution in [0.15, 0.2) is 91.8 Å². The van der Waals surface area contributed by atoms with Gasteiger partial charge < -0.3 is 9.52 Å². The molecular formula is C23H19NO5S2. The monoisotopic (exact) mass is 453 g/mol. The molecule has 6 nitrogen and oxygen atoms in total. The van der Waals surface area contributed by atoms with Crippen LogP contribution >= 0.6 is 11.8 Å². The Balaban J connectivity index is 1.45. The van der Waals surface area contributed by atoms with Gasteiger partial charge in [0.15, 0.2) is 0 Å². The van der Waals surface area contributed by atoms with E-state index in [1.807, 2.05) is 6.92 Å². The predicted octanol–water partition coefficient (Wildman–Crippen LogP) is 4.90. The molecule has 0 saturated carbocycles. The first-order valence-electron chi connectivity index (χ1n) is 9.38. The molecule has 0 unspecified atom stereocenters. The number of benzene rings is 3. The van der Waals surface area contributed by atoms with Crippen LogP contribution in [0, 0.1) is 6.92 Å². The number of hydrogen-bond acceptors (Lipinski definition) is 6. The topological polar surface area (TPSA) is 96.6 Å². The number of aryl methyl sites for hydroxylation is 1. The van der Waals surface area contributed by atoms with E-state index in [-0.39, 0.29) is 10.6 Å². The number of anilines is 1. The minimum atomic E-state index is -3.66. The van der Waals surface area contributed by atoms with Gasteiger partial charge in [0.05, 0.1) is 4.90 Å². The zero-order valence-corrected chi connectivity index (χ0v) is 18.2. The Labute approximate surface area is 183 Å². The lowest BCUT2D eigenvalue weighted by Crippen LogP contribution is -2.12. The summed E-state index contributed by atoms with van der Waals surface area (Å²) in [5.41, 5.74) is 1.83. The van der Waals surface area contributed by atoms with Crippen LogP contribution in [0.2, 0.25) is 0 Å². The summed E-state index contributed by atoms with van der Waals surface area (Å²) in [6.07, 6.45) is 0. The SMILES string of the molecule is Cc1ccc(S(=O)(=O)Nc2ccc(SCc3cc4ccc(O)cc4oc3=O)cc2)cc1. The van der Waals surface area contributed by atoms with Crippen LogP contribution in [-0.2, 0) is 15.8 Å². The highest BCUT2D eigenvalue weighted by Gasteiger charge is 2.14. The predicted molar refractivity (Wildman–Crippen MR) is 122 cm³/mol. The molecule has 0 amide bonds. The van der Waals surface area contributed by atoms with Crippen molar-refractivity contribution in [2.24, 2.45) is 0 Å². The van der Waals surface area contributed by atoms with Gasteiger partial charge in [-0.25, -0.2) is 13.2 Å². The number of thioether (sulfide) groups is 1. The molecule has 0 fully saturated rings. The second-order valence-corrected chi connectivity index (χ2v) is 9.74. The van der Waals surface area contributed by atoms with E-state index in [1.165, 1.54) is 23.9 Å². The van der Waals surface area contributed by atoms with Gasteiger partial charge in [-0.2, -0.15) is 0 Å². The fourth-order valence-electron chi connectivity index (χ4n) is 2.96. The minimum Gasteiger partial charge on any atom is -0.508 e. The molecule has 0 saturated heterocycles. The van der Waals surface area contributed by atoms with Gasteiger partial charge in [-0.15, -0.1) is 11.8 Å². The molecule has 8 heteroatoms. The summed E-state index contributed by atoms with van der Waals surface area (Å²) in [4.78, 5) is 13.3. The summed E-state index contributed by atoms with van der Waals surface area (Å²) >= 11 is 1.44. The molecule has 0 radical (unpaired) electrons. The number of aromatic hydroxyl groups is 1. The van der Waals surface area contributed by atoms with Gasteiger partial charge in [-0.3, -0.25) is 4.72 Å². The van der Waals surface area contributed by atoms with Crippen molar-refractivity contribution in [1.29, 1.82) is 0 Å². The number of phenols is 1. The average molecular weight is 454 g/mol. The van der Waals surface area contributed by atoms with Gasteiger partial charge in [-0.05, 0) is 61.5 Å². The Morgan fingerprint density at radius 3 is 2.39 bits per heavy atom. The van der Waals surface area contributed by atoms with E-state index in [1.54, 1.807) is 60.7 Å². The molecule has 0 aliphatic carbocycles. The molecule has 0 aliphatic heterocycles. The normalized spacial score (nSPS) is 11.5. The molecule has 0 spiro atoms. The average Bonchev–Trinajstić information content (AvgIpc) is 2.73. The van der Waals surface area contributed by atoms with E-state index in [4.69, 9.17) is 4.42 Å². The van der Waals surface area contributed by atoms with E-state index in [9.17, 15) is 18.3 Å². The lowest BCUT2D eigenvalue weighted by atomic mass is 10.2. The Morgan fingerprint density at radius 1 is 0.968 bits per heavy atom. The van der Waals surface area contributed by atoms with E-state index in [2.05, 4.69) is 4.72 Å². The third-order valence-corrected chi connectivity index (χ3v) is 7.08. The fraction of sp³-hybridized carbons (Fsp3) is 0.0870. The molecule has 4 aromatic rings. The van der Waals surface area contributed by atoms with Gasteiger partial charge in [0.1, 0.15) is 11.3 Å². The van der Waals surface area contributed by atoms with Crippen molar-refractivity contribution >= 4 is 38.4 Å². The molecule has 2 N–H and O–H groups in total. The summed E-state index contributed by atoms with van der Waals surface area (Å²) in [6, 6.07) is 20.0. The number of rotatable bonds is 6. The smallest absolute Gasteiger partial charge is 0.340 e. The quantitative estimate of drug-likeness (QED) is 0.318. The minimum absolute atomic E-state index is 0.0378. The first-order chi connectivity index (χ1) is 14.8. The maximum absolute atomic E-state index is 12.5. The largest absolute Gasteiger partial charge is 0.508 e. The maximum Gasteiger partial charge on any atom is 0.340 e. The van der Waals surface area contributed by atoms with Crippen molar-refractivity contribution < 1.29 is 17.9 Å². The van der Waals surface area contributed by atoms with Crippen molar-refractivity contribution in [3.05, 3.63) is 94.3 Å². The Bertz CT molecular complexity index is 1390. The molecule has 3 aromatic carbocycles. The third kappa shape index (κ3) is 4.92. The van der Waals surface area contributed by atoms with Gasteiger partial charge in [0, 0.05) is 33.4 Å². The molecule has 1 aromatic heterocycles. The standard InChI is InChI=1S/C23H19NO5S2/c1-15-2-10-21(11-3-15)31(27,28)24-18-5-8-20(9-6-18)30-14-17-12-16-4-7-19(25)13-22(16)29-23(17)26/h2-13,24-25H,14H2,1H3.